The van der Waals surface area contributed by atoms with Crippen molar-refractivity contribution in [3.05, 3.63) is 59.3 Å². The van der Waals surface area contributed by atoms with E-state index in [9.17, 15) is 23.1 Å². The number of alkyl halides is 3. The normalized spacial score (nSPS) is 16.3. The molecule has 0 fully saturated rings. The number of nitrogens with zero attached hydrogens (tertiary/aromatic N) is 3. The molecule has 0 saturated carbocycles. The zero-order chi connectivity index (χ0) is 23.8. The summed E-state index contributed by atoms with van der Waals surface area (Å²) in [6, 6.07) is 12.6. The van der Waals surface area contributed by atoms with Crippen LogP contribution in [0.4, 0.5) is 13.2 Å². The topological polar surface area (TPSA) is 87.7 Å². The number of likely N-dealkylation sites (N-methyl/N-ethyl adjacent to an activating group) is 1. The zero-order valence-corrected chi connectivity index (χ0v) is 17.6. The lowest BCUT2D eigenvalue weighted by Crippen LogP contribution is -2.36. The van der Waals surface area contributed by atoms with Gasteiger partial charge in [-0.05, 0) is 55.1 Å². The summed E-state index contributed by atoms with van der Waals surface area (Å²) in [5.41, 5.74) is 2.24. The van der Waals surface area contributed by atoms with Gasteiger partial charge in [-0.15, -0.1) is 13.2 Å². The molecular formula is C23H20F3N3O4. The first-order valence-electron chi connectivity index (χ1n) is 10.1. The van der Waals surface area contributed by atoms with Crippen molar-refractivity contribution in [2.24, 2.45) is 0 Å². The van der Waals surface area contributed by atoms with Crippen LogP contribution in [0.25, 0.3) is 10.9 Å². The van der Waals surface area contributed by atoms with Gasteiger partial charge in [-0.3, -0.25) is 9.69 Å². The molecule has 0 aliphatic carbocycles. The summed E-state index contributed by atoms with van der Waals surface area (Å²) in [6.07, 6.45) is -4.87. The highest BCUT2D eigenvalue weighted by molar-refractivity contribution is 5.83. The van der Waals surface area contributed by atoms with Gasteiger partial charge in [-0.25, -0.2) is 0 Å². The van der Waals surface area contributed by atoms with Gasteiger partial charge >= 0.3 is 12.3 Å². The molecule has 172 valence electrons. The number of aromatic nitrogens is 1. The van der Waals surface area contributed by atoms with E-state index in [0.29, 0.717) is 11.3 Å². The molecule has 1 aliphatic heterocycles. The summed E-state index contributed by atoms with van der Waals surface area (Å²) in [5.74, 6) is -0.860. The lowest BCUT2D eigenvalue weighted by atomic mass is 10.1. The minimum Gasteiger partial charge on any atom is -0.489 e. The fraction of sp³-hybridized carbons (Fsp3) is 0.304. The number of ether oxygens (including phenoxy) is 2. The molecule has 0 amide bonds. The van der Waals surface area contributed by atoms with Crippen molar-refractivity contribution >= 4 is 16.9 Å². The van der Waals surface area contributed by atoms with Crippen molar-refractivity contribution in [2.75, 3.05) is 13.6 Å². The van der Waals surface area contributed by atoms with Crippen molar-refractivity contribution in [3.8, 4) is 17.6 Å². The van der Waals surface area contributed by atoms with E-state index < -0.39 is 18.1 Å². The van der Waals surface area contributed by atoms with Crippen molar-refractivity contribution in [3.63, 3.8) is 0 Å². The summed E-state index contributed by atoms with van der Waals surface area (Å²) in [5, 5.41) is 19.2. The number of carboxylic acid groups (broad SMARTS) is 1. The maximum atomic E-state index is 12.6. The molecule has 1 aromatic heterocycles. The van der Waals surface area contributed by atoms with Crippen LogP contribution in [0, 0.1) is 11.3 Å². The molecule has 0 spiro atoms. The summed E-state index contributed by atoms with van der Waals surface area (Å²) in [4.78, 5) is 13.3. The number of carbonyl (C=O) groups is 1. The van der Waals surface area contributed by atoms with Crippen LogP contribution in [0.5, 0.6) is 11.5 Å². The van der Waals surface area contributed by atoms with Crippen LogP contribution in [0.15, 0.2) is 42.5 Å². The van der Waals surface area contributed by atoms with Gasteiger partial charge in [0.25, 0.3) is 0 Å². The van der Waals surface area contributed by atoms with Crippen LogP contribution in [-0.2, 0) is 17.9 Å². The number of halogens is 3. The summed E-state index contributed by atoms with van der Waals surface area (Å²) >= 11 is 0. The Kier molecular flexibility index (Phi) is 5.91. The van der Waals surface area contributed by atoms with Crippen LogP contribution in [0.2, 0.25) is 0 Å². The van der Waals surface area contributed by atoms with Gasteiger partial charge in [0.1, 0.15) is 18.1 Å². The first kappa shape index (κ1) is 22.5. The maximum absolute atomic E-state index is 12.6. The number of rotatable bonds is 6. The summed E-state index contributed by atoms with van der Waals surface area (Å²) in [7, 11) is 1.90. The number of aliphatic carboxylic acids is 1. The average molecular weight is 459 g/mol. The van der Waals surface area contributed by atoms with Crippen LogP contribution in [0.3, 0.4) is 0 Å². The predicted molar refractivity (Wildman–Crippen MR) is 112 cm³/mol. The predicted octanol–water partition coefficient (Wildman–Crippen LogP) is 4.45. The highest BCUT2D eigenvalue weighted by Gasteiger charge is 2.31. The fourth-order valence-electron chi connectivity index (χ4n) is 4.12. The Morgan fingerprint density at radius 1 is 1.18 bits per heavy atom. The van der Waals surface area contributed by atoms with E-state index in [1.165, 1.54) is 12.1 Å². The number of carboxylic acids is 1. The summed E-state index contributed by atoms with van der Waals surface area (Å²) < 4.78 is 49.5. The highest BCUT2D eigenvalue weighted by atomic mass is 19.4. The lowest BCUT2D eigenvalue weighted by molar-refractivity contribution is -0.274. The molecule has 1 N–H and O–H groups in total. The Morgan fingerprint density at radius 2 is 1.97 bits per heavy atom. The van der Waals surface area contributed by atoms with Crippen molar-refractivity contribution < 1.29 is 32.5 Å². The van der Waals surface area contributed by atoms with Gasteiger partial charge in [0.2, 0.25) is 0 Å². The Hall–Kier alpha value is -3.71. The first-order valence-corrected chi connectivity index (χ1v) is 10.1. The van der Waals surface area contributed by atoms with Crippen LogP contribution >= 0.6 is 0 Å². The fourth-order valence-corrected chi connectivity index (χ4v) is 4.12. The van der Waals surface area contributed by atoms with E-state index in [-0.39, 0.29) is 24.6 Å². The molecule has 7 nitrogen and oxygen atoms in total. The van der Waals surface area contributed by atoms with E-state index in [1.54, 1.807) is 12.1 Å². The van der Waals surface area contributed by atoms with E-state index in [2.05, 4.69) is 9.30 Å². The second kappa shape index (κ2) is 8.67. The first-order chi connectivity index (χ1) is 15.6. The third kappa shape index (κ3) is 5.04. The monoisotopic (exact) mass is 459 g/mol. The van der Waals surface area contributed by atoms with Gasteiger partial charge in [-0.2, -0.15) is 5.26 Å². The second-order valence-corrected chi connectivity index (χ2v) is 7.85. The van der Waals surface area contributed by atoms with Crippen molar-refractivity contribution in [1.29, 1.82) is 5.26 Å². The molecular weight excluding hydrogens is 439 g/mol. The molecule has 2 aromatic carbocycles. The molecule has 2 heterocycles. The third-order valence-corrected chi connectivity index (χ3v) is 5.56. The third-order valence-electron chi connectivity index (χ3n) is 5.56. The molecule has 4 rings (SSSR count). The molecule has 0 bridgehead atoms. The minimum absolute atomic E-state index is 0.00621. The number of nitriles is 1. The van der Waals surface area contributed by atoms with Gasteiger partial charge in [-0.1, -0.05) is 0 Å². The highest BCUT2D eigenvalue weighted by Crippen LogP contribution is 2.34. The van der Waals surface area contributed by atoms with E-state index in [4.69, 9.17) is 10.00 Å². The SMILES string of the molecule is CN1CCn2c(cc3cc(OCc4cc(C#N)cc(OC(F)(F)F)c4)ccc32)C1CC(=O)O. The van der Waals surface area contributed by atoms with Crippen LogP contribution < -0.4 is 9.47 Å². The van der Waals surface area contributed by atoms with E-state index in [0.717, 1.165) is 35.8 Å². The molecule has 10 heteroatoms. The van der Waals surface area contributed by atoms with Crippen molar-refractivity contribution in [2.45, 2.75) is 32.0 Å². The smallest absolute Gasteiger partial charge is 0.489 e. The molecule has 0 radical (unpaired) electrons. The van der Waals surface area contributed by atoms with Gasteiger partial charge in [0.15, 0.2) is 0 Å². The Balaban J connectivity index is 1.57. The minimum atomic E-state index is -4.86. The van der Waals surface area contributed by atoms with Crippen LogP contribution in [-0.4, -0.2) is 40.5 Å². The van der Waals surface area contributed by atoms with Crippen molar-refractivity contribution in [1.82, 2.24) is 9.47 Å². The number of fused-ring (bicyclic) bond motifs is 3. The second-order valence-electron chi connectivity index (χ2n) is 7.85. The molecule has 0 saturated heterocycles. The Bertz CT molecular complexity index is 1250. The largest absolute Gasteiger partial charge is 0.573 e. The molecule has 3 aromatic rings. The zero-order valence-electron chi connectivity index (χ0n) is 17.6. The van der Waals surface area contributed by atoms with E-state index >= 15 is 0 Å². The van der Waals surface area contributed by atoms with Gasteiger partial charge < -0.3 is 19.1 Å². The maximum Gasteiger partial charge on any atom is 0.573 e. The number of benzene rings is 2. The van der Waals surface area contributed by atoms with Crippen LogP contribution in [0.1, 0.15) is 29.3 Å². The standard InChI is InChI=1S/C23H20F3N3O4/c1-28-4-5-29-19-3-2-17(9-16(19)10-21(29)20(28)11-22(30)31)32-13-15-6-14(12-27)7-18(8-15)33-23(24,25)26/h2-3,6-10,20H,4-5,11,13H2,1H3,(H,30,31). The molecule has 1 aliphatic rings. The quantitative estimate of drug-likeness (QED) is 0.586. The molecule has 33 heavy (non-hydrogen) atoms. The van der Waals surface area contributed by atoms with Gasteiger partial charge in [0, 0.05) is 29.7 Å². The Morgan fingerprint density at radius 3 is 2.67 bits per heavy atom. The van der Waals surface area contributed by atoms with E-state index in [1.807, 2.05) is 30.1 Å². The summed E-state index contributed by atoms with van der Waals surface area (Å²) in [6.45, 7) is 1.40. The van der Waals surface area contributed by atoms with Gasteiger partial charge in [0.05, 0.1) is 24.1 Å². The molecule has 1 unspecified atom stereocenters. The average Bonchev–Trinajstić information content (AvgIpc) is 3.10. The number of hydrogen-bond donors (Lipinski definition) is 1. The lowest BCUT2D eigenvalue weighted by Gasteiger charge is -2.33. The number of hydrogen-bond acceptors (Lipinski definition) is 5. The Labute approximate surface area is 187 Å². The molecule has 1 atom stereocenters.